The van der Waals surface area contributed by atoms with E-state index in [1.165, 1.54) is 4.90 Å². The molecule has 1 fully saturated rings. The van der Waals surface area contributed by atoms with E-state index in [0.717, 1.165) is 0 Å². The van der Waals surface area contributed by atoms with Gasteiger partial charge in [-0.25, -0.2) is 0 Å². The maximum atomic E-state index is 11.8. The first kappa shape index (κ1) is 10.8. The average Bonchev–Trinajstić information content (AvgIpc) is 2.51. The first-order chi connectivity index (χ1) is 7.66. The van der Waals surface area contributed by atoms with E-state index >= 15 is 0 Å². The SMILES string of the molecule is N#CC1C(N)N(c2ccccc2)C(=O)S1=N. The molecular weight excluding hydrogens is 224 g/mol. The fourth-order valence-corrected chi connectivity index (χ4v) is 2.77. The number of carbonyl (C=O) groups excluding carboxylic acids is 1. The Morgan fingerprint density at radius 2 is 2.06 bits per heavy atom. The Bertz CT molecular complexity index is 481. The Morgan fingerprint density at radius 1 is 1.44 bits per heavy atom. The van der Waals surface area contributed by atoms with Crippen LogP contribution in [0.15, 0.2) is 30.3 Å². The number of para-hydroxylation sites is 1. The highest BCUT2D eigenvalue weighted by Crippen LogP contribution is 2.26. The molecule has 1 aromatic carbocycles. The molecule has 1 aromatic rings. The van der Waals surface area contributed by atoms with Gasteiger partial charge in [0.25, 0.3) is 5.24 Å². The molecule has 3 atom stereocenters. The van der Waals surface area contributed by atoms with E-state index < -0.39 is 22.1 Å². The van der Waals surface area contributed by atoms with Crippen LogP contribution in [-0.2, 0) is 10.7 Å². The van der Waals surface area contributed by atoms with Crippen molar-refractivity contribution in [3.05, 3.63) is 30.3 Å². The zero-order chi connectivity index (χ0) is 11.7. The zero-order valence-electron chi connectivity index (χ0n) is 8.33. The highest BCUT2D eigenvalue weighted by atomic mass is 32.2. The van der Waals surface area contributed by atoms with Gasteiger partial charge in [0.2, 0.25) is 0 Å². The van der Waals surface area contributed by atoms with Gasteiger partial charge in [0.1, 0.15) is 11.4 Å². The molecular formula is C10H10N4OS. The van der Waals surface area contributed by atoms with Crippen LogP contribution in [0.3, 0.4) is 0 Å². The monoisotopic (exact) mass is 234 g/mol. The fraction of sp³-hybridized carbons (Fsp3) is 0.200. The molecule has 0 saturated carbocycles. The molecule has 0 spiro atoms. The molecule has 0 aliphatic carbocycles. The number of hydrogen-bond acceptors (Lipinski definition) is 4. The molecule has 1 aliphatic rings. The summed E-state index contributed by atoms with van der Waals surface area (Å²) in [6.07, 6.45) is -0.722. The number of hydrogen-bond donors (Lipinski definition) is 2. The maximum Gasteiger partial charge on any atom is 0.299 e. The smallest absolute Gasteiger partial charge is 0.299 e. The third-order valence-electron chi connectivity index (χ3n) is 2.41. The molecule has 0 aromatic heterocycles. The quantitative estimate of drug-likeness (QED) is 0.764. The third-order valence-corrected chi connectivity index (χ3v) is 3.87. The predicted octanol–water partition coefficient (Wildman–Crippen LogP) is 1.18. The van der Waals surface area contributed by atoms with Gasteiger partial charge in [-0.2, -0.15) is 5.26 Å². The Hall–Kier alpha value is -1.71. The van der Waals surface area contributed by atoms with Crippen LogP contribution in [0.1, 0.15) is 0 Å². The first-order valence-corrected chi connectivity index (χ1v) is 5.93. The Labute approximate surface area is 95.4 Å². The van der Waals surface area contributed by atoms with Gasteiger partial charge < -0.3 is 5.73 Å². The summed E-state index contributed by atoms with van der Waals surface area (Å²) in [4.78, 5) is 13.1. The van der Waals surface area contributed by atoms with Crippen LogP contribution < -0.4 is 10.6 Å². The van der Waals surface area contributed by atoms with Crippen LogP contribution in [0.4, 0.5) is 10.5 Å². The van der Waals surface area contributed by atoms with Gasteiger partial charge in [0.15, 0.2) is 0 Å². The highest BCUT2D eigenvalue weighted by molar-refractivity contribution is 8.02. The van der Waals surface area contributed by atoms with Crippen LogP contribution in [-0.4, -0.2) is 16.7 Å². The fourth-order valence-electron chi connectivity index (χ4n) is 1.61. The minimum atomic E-state index is -1.37. The summed E-state index contributed by atoms with van der Waals surface area (Å²) in [6.45, 7) is 0. The number of nitriles is 1. The van der Waals surface area contributed by atoms with Crippen molar-refractivity contribution >= 4 is 21.6 Å². The second-order valence-corrected chi connectivity index (χ2v) is 4.88. The van der Waals surface area contributed by atoms with Crippen molar-refractivity contribution < 1.29 is 4.79 Å². The van der Waals surface area contributed by atoms with Crippen molar-refractivity contribution in [1.29, 1.82) is 10.0 Å². The summed E-state index contributed by atoms with van der Waals surface area (Å²) >= 11 is 0. The van der Waals surface area contributed by atoms with Crippen LogP contribution in [0.5, 0.6) is 0 Å². The number of benzene rings is 1. The van der Waals surface area contributed by atoms with E-state index in [-0.39, 0.29) is 5.24 Å². The number of amides is 1. The zero-order valence-corrected chi connectivity index (χ0v) is 9.15. The lowest BCUT2D eigenvalue weighted by Crippen LogP contribution is -2.43. The topological polar surface area (TPSA) is 94.0 Å². The minimum absolute atomic E-state index is 0.384. The molecule has 0 bridgehead atoms. The summed E-state index contributed by atoms with van der Waals surface area (Å²) in [5, 5.41) is 7.74. The number of carbonyl (C=O) groups is 1. The molecule has 5 nitrogen and oxygen atoms in total. The second-order valence-electron chi connectivity index (χ2n) is 3.35. The molecule has 1 aliphatic heterocycles. The molecule has 6 heteroatoms. The number of nitrogens with zero attached hydrogens (tertiary/aromatic N) is 2. The van der Waals surface area contributed by atoms with Crippen molar-refractivity contribution in [3.8, 4) is 6.07 Å². The molecule has 1 amide bonds. The minimum Gasteiger partial charge on any atom is -0.309 e. The van der Waals surface area contributed by atoms with E-state index in [0.29, 0.717) is 5.69 Å². The summed E-state index contributed by atoms with van der Waals surface area (Å²) in [7, 11) is -1.37. The van der Waals surface area contributed by atoms with Gasteiger partial charge in [-0.3, -0.25) is 14.5 Å². The van der Waals surface area contributed by atoms with Crippen molar-refractivity contribution in [2.45, 2.75) is 11.4 Å². The van der Waals surface area contributed by atoms with Crippen LogP contribution >= 0.6 is 0 Å². The lowest BCUT2D eigenvalue weighted by molar-refractivity contribution is 0.264. The largest absolute Gasteiger partial charge is 0.309 e. The lowest BCUT2D eigenvalue weighted by Gasteiger charge is -2.20. The van der Waals surface area contributed by atoms with Crippen LogP contribution in [0, 0.1) is 16.1 Å². The van der Waals surface area contributed by atoms with Crippen molar-refractivity contribution in [1.82, 2.24) is 0 Å². The van der Waals surface area contributed by atoms with E-state index in [1.807, 2.05) is 12.1 Å². The molecule has 3 N–H and O–H groups in total. The molecule has 1 saturated heterocycles. The van der Waals surface area contributed by atoms with Gasteiger partial charge in [-0.1, -0.05) is 18.2 Å². The first-order valence-electron chi connectivity index (χ1n) is 4.64. The normalized spacial score (nSPS) is 29.1. The average molecular weight is 234 g/mol. The van der Waals surface area contributed by atoms with Gasteiger partial charge in [-0.15, -0.1) is 0 Å². The van der Waals surface area contributed by atoms with Gasteiger partial charge in [-0.05, 0) is 12.1 Å². The molecule has 2 rings (SSSR count). The van der Waals surface area contributed by atoms with Crippen molar-refractivity contribution in [2.75, 3.05) is 4.90 Å². The number of nitrogens with one attached hydrogen (secondary N) is 1. The van der Waals surface area contributed by atoms with E-state index in [4.69, 9.17) is 15.8 Å². The molecule has 82 valence electrons. The number of nitrogens with two attached hydrogens (primary N) is 1. The molecule has 1 heterocycles. The summed E-state index contributed by atoms with van der Waals surface area (Å²) in [5.41, 5.74) is 6.46. The summed E-state index contributed by atoms with van der Waals surface area (Å²) in [5.74, 6) is 0. The molecule has 0 radical (unpaired) electrons. The Kier molecular flexibility index (Phi) is 2.73. The van der Waals surface area contributed by atoms with E-state index in [2.05, 4.69) is 0 Å². The van der Waals surface area contributed by atoms with Crippen LogP contribution in [0.2, 0.25) is 0 Å². The molecule has 16 heavy (non-hydrogen) atoms. The number of anilines is 1. The predicted molar refractivity (Wildman–Crippen MR) is 61.8 cm³/mol. The summed E-state index contributed by atoms with van der Waals surface area (Å²) in [6, 6.07) is 10.8. The third kappa shape index (κ3) is 1.50. The van der Waals surface area contributed by atoms with Gasteiger partial charge in [0.05, 0.1) is 6.07 Å². The maximum absolute atomic E-state index is 11.8. The van der Waals surface area contributed by atoms with E-state index in [1.54, 1.807) is 24.3 Å². The van der Waals surface area contributed by atoms with E-state index in [9.17, 15) is 4.79 Å². The van der Waals surface area contributed by atoms with Crippen LogP contribution in [0.25, 0.3) is 0 Å². The van der Waals surface area contributed by atoms with Crippen molar-refractivity contribution in [2.24, 2.45) is 5.73 Å². The molecule has 3 unspecified atom stereocenters. The summed E-state index contributed by atoms with van der Waals surface area (Å²) < 4.78 is 7.64. The second kappa shape index (κ2) is 4.04. The van der Waals surface area contributed by atoms with Gasteiger partial charge >= 0.3 is 0 Å². The number of rotatable bonds is 1. The standard InChI is InChI=1S/C10H10N4OS/c11-6-8-9(12)14(10(15)16(8)13)7-4-2-1-3-5-7/h1-5,8-9,13H,12H2. The highest BCUT2D eigenvalue weighted by Gasteiger charge is 2.42. The van der Waals surface area contributed by atoms with Crippen molar-refractivity contribution in [3.63, 3.8) is 0 Å². The lowest BCUT2D eigenvalue weighted by atomic mass is 10.2. The Morgan fingerprint density at radius 3 is 2.56 bits per heavy atom. The van der Waals surface area contributed by atoms with Gasteiger partial charge in [0, 0.05) is 16.4 Å². The Balaban J connectivity index is 2.41.